The molecular weight excluding hydrogens is 266 g/mol. The van der Waals surface area contributed by atoms with Gasteiger partial charge in [-0.15, -0.1) is 0 Å². The summed E-state index contributed by atoms with van der Waals surface area (Å²) in [7, 11) is 4.01. The fourth-order valence-corrected chi connectivity index (χ4v) is 1.92. The molecule has 0 saturated carbocycles. The molecule has 1 N–H and O–H groups in total. The predicted octanol–water partition coefficient (Wildman–Crippen LogP) is 2.20. The van der Waals surface area contributed by atoms with Crippen molar-refractivity contribution in [3.05, 3.63) is 23.8 Å². The van der Waals surface area contributed by atoms with Gasteiger partial charge in [0.1, 0.15) is 6.04 Å². The van der Waals surface area contributed by atoms with Crippen molar-refractivity contribution in [3.63, 3.8) is 0 Å². The van der Waals surface area contributed by atoms with Crippen molar-refractivity contribution >= 4 is 0 Å². The third kappa shape index (κ3) is 5.62. The zero-order chi connectivity index (χ0) is 15.7. The zero-order valence-corrected chi connectivity index (χ0v) is 13.3. The molecule has 5 nitrogen and oxygen atoms in total. The molecule has 1 unspecified atom stereocenters. The van der Waals surface area contributed by atoms with Gasteiger partial charge in [-0.25, -0.2) is 0 Å². The first kappa shape index (κ1) is 17.3. The molecule has 0 aliphatic heterocycles. The summed E-state index contributed by atoms with van der Waals surface area (Å²) in [4.78, 5) is 2.07. The molecule has 0 radical (unpaired) electrons. The quantitative estimate of drug-likeness (QED) is 0.756. The van der Waals surface area contributed by atoms with Crippen LogP contribution in [0.2, 0.25) is 0 Å². The van der Waals surface area contributed by atoms with E-state index in [0.29, 0.717) is 24.7 Å². The van der Waals surface area contributed by atoms with E-state index in [1.165, 1.54) is 0 Å². The lowest BCUT2D eigenvalue weighted by Gasteiger charge is -2.17. The molecule has 0 aliphatic carbocycles. The van der Waals surface area contributed by atoms with Gasteiger partial charge in [-0.05, 0) is 45.6 Å². The molecule has 1 rings (SSSR count). The average Bonchev–Trinajstić information content (AvgIpc) is 2.46. The highest BCUT2D eigenvalue weighted by atomic mass is 16.5. The Labute approximate surface area is 127 Å². The average molecular weight is 291 g/mol. The predicted molar refractivity (Wildman–Crippen MR) is 83.7 cm³/mol. The van der Waals surface area contributed by atoms with Gasteiger partial charge < -0.3 is 14.4 Å². The van der Waals surface area contributed by atoms with Crippen LogP contribution in [0.25, 0.3) is 0 Å². The Morgan fingerprint density at radius 3 is 2.43 bits per heavy atom. The Hall–Kier alpha value is -1.77. The lowest BCUT2D eigenvalue weighted by atomic mass is 10.1. The van der Waals surface area contributed by atoms with Crippen LogP contribution in [0.4, 0.5) is 0 Å². The standard InChI is InChI=1S/C16H25N3O2/c1-5-20-15-8-7-13(11-16(15)21-6-2)14(12-17)18-9-10-19(3)4/h7-8,11,14,18H,5-6,9-10H2,1-4H3. The maximum Gasteiger partial charge on any atom is 0.161 e. The summed E-state index contributed by atoms with van der Waals surface area (Å²) < 4.78 is 11.1. The molecule has 0 spiro atoms. The highest BCUT2D eigenvalue weighted by molar-refractivity contribution is 5.45. The number of ether oxygens (including phenoxy) is 2. The van der Waals surface area contributed by atoms with E-state index in [4.69, 9.17) is 9.47 Å². The van der Waals surface area contributed by atoms with Gasteiger partial charge in [0.15, 0.2) is 11.5 Å². The van der Waals surface area contributed by atoms with Crippen LogP contribution in [0.5, 0.6) is 11.5 Å². The molecule has 116 valence electrons. The van der Waals surface area contributed by atoms with Crippen molar-refractivity contribution in [1.29, 1.82) is 5.26 Å². The van der Waals surface area contributed by atoms with Crippen LogP contribution in [0.1, 0.15) is 25.5 Å². The highest BCUT2D eigenvalue weighted by Crippen LogP contribution is 2.30. The maximum atomic E-state index is 9.34. The minimum atomic E-state index is -0.347. The van der Waals surface area contributed by atoms with Crippen LogP contribution < -0.4 is 14.8 Å². The van der Waals surface area contributed by atoms with Crippen molar-refractivity contribution in [1.82, 2.24) is 10.2 Å². The van der Waals surface area contributed by atoms with Gasteiger partial charge in [-0.2, -0.15) is 5.26 Å². The first-order chi connectivity index (χ1) is 10.1. The summed E-state index contributed by atoms with van der Waals surface area (Å²) in [6, 6.07) is 7.59. The van der Waals surface area contributed by atoms with Gasteiger partial charge in [0.2, 0.25) is 0 Å². The second-order valence-electron chi connectivity index (χ2n) is 4.89. The van der Waals surface area contributed by atoms with Crippen LogP contribution in [0, 0.1) is 11.3 Å². The molecule has 0 heterocycles. The van der Waals surface area contributed by atoms with Gasteiger partial charge >= 0.3 is 0 Å². The minimum Gasteiger partial charge on any atom is -0.490 e. The van der Waals surface area contributed by atoms with Crippen LogP contribution in [-0.2, 0) is 0 Å². The van der Waals surface area contributed by atoms with E-state index in [-0.39, 0.29) is 6.04 Å². The van der Waals surface area contributed by atoms with Gasteiger partial charge in [0, 0.05) is 13.1 Å². The summed E-state index contributed by atoms with van der Waals surface area (Å²) >= 11 is 0. The van der Waals surface area contributed by atoms with Crippen LogP contribution in [0.3, 0.4) is 0 Å². The smallest absolute Gasteiger partial charge is 0.161 e. The van der Waals surface area contributed by atoms with Crippen molar-refractivity contribution < 1.29 is 9.47 Å². The molecule has 21 heavy (non-hydrogen) atoms. The number of rotatable bonds is 9. The molecule has 1 atom stereocenters. The fourth-order valence-electron chi connectivity index (χ4n) is 1.92. The normalized spacial score (nSPS) is 12.0. The first-order valence-electron chi connectivity index (χ1n) is 7.29. The van der Waals surface area contributed by atoms with Crippen LogP contribution in [-0.4, -0.2) is 45.3 Å². The Bertz CT molecular complexity index is 469. The maximum absolute atomic E-state index is 9.34. The number of hydrogen-bond donors (Lipinski definition) is 1. The first-order valence-corrected chi connectivity index (χ1v) is 7.29. The lowest BCUT2D eigenvalue weighted by molar-refractivity contribution is 0.287. The number of benzene rings is 1. The second-order valence-corrected chi connectivity index (χ2v) is 4.89. The van der Waals surface area contributed by atoms with Gasteiger partial charge in [-0.3, -0.25) is 5.32 Å². The van der Waals surface area contributed by atoms with E-state index >= 15 is 0 Å². The summed E-state index contributed by atoms with van der Waals surface area (Å²) in [5.41, 5.74) is 0.892. The third-order valence-corrected chi connectivity index (χ3v) is 2.94. The van der Waals surface area contributed by atoms with E-state index in [1.807, 2.05) is 46.1 Å². The molecule has 0 aromatic heterocycles. The molecule has 0 amide bonds. The molecule has 1 aromatic carbocycles. The Balaban J connectivity index is 2.84. The Morgan fingerprint density at radius 2 is 1.86 bits per heavy atom. The number of nitrogens with zero attached hydrogens (tertiary/aromatic N) is 2. The van der Waals surface area contributed by atoms with Crippen molar-refractivity contribution in [2.45, 2.75) is 19.9 Å². The number of nitrogens with one attached hydrogen (secondary N) is 1. The van der Waals surface area contributed by atoms with Gasteiger partial charge in [-0.1, -0.05) is 6.07 Å². The highest BCUT2D eigenvalue weighted by Gasteiger charge is 2.13. The monoisotopic (exact) mass is 291 g/mol. The Morgan fingerprint density at radius 1 is 1.19 bits per heavy atom. The minimum absolute atomic E-state index is 0.347. The summed E-state index contributed by atoms with van der Waals surface area (Å²) in [6.07, 6.45) is 0. The molecule has 0 bridgehead atoms. The third-order valence-electron chi connectivity index (χ3n) is 2.94. The molecule has 1 aromatic rings. The SMILES string of the molecule is CCOc1ccc(C(C#N)NCCN(C)C)cc1OCC. The zero-order valence-electron chi connectivity index (χ0n) is 13.3. The molecule has 5 heteroatoms. The van der Waals surface area contributed by atoms with E-state index in [1.54, 1.807) is 0 Å². The van der Waals surface area contributed by atoms with E-state index < -0.39 is 0 Å². The number of nitriles is 1. The van der Waals surface area contributed by atoms with Gasteiger partial charge in [0.05, 0.1) is 19.3 Å². The molecular formula is C16H25N3O2. The van der Waals surface area contributed by atoms with E-state index in [2.05, 4.69) is 16.3 Å². The Kier molecular flexibility index (Phi) is 7.59. The number of hydrogen-bond acceptors (Lipinski definition) is 5. The van der Waals surface area contributed by atoms with Crippen molar-refractivity contribution in [2.24, 2.45) is 0 Å². The van der Waals surface area contributed by atoms with Crippen molar-refractivity contribution in [2.75, 3.05) is 40.4 Å². The number of likely N-dealkylation sites (N-methyl/N-ethyl adjacent to an activating group) is 1. The largest absolute Gasteiger partial charge is 0.490 e. The summed E-state index contributed by atoms with van der Waals surface area (Å²) in [5, 5.41) is 12.6. The van der Waals surface area contributed by atoms with Crippen LogP contribution in [0.15, 0.2) is 18.2 Å². The van der Waals surface area contributed by atoms with E-state index in [9.17, 15) is 5.26 Å². The summed E-state index contributed by atoms with van der Waals surface area (Å²) in [6.45, 7) is 6.65. The second kappa shape index (κ2) is 9.22. The molecule has 0 saturated heterocycles. The van der Waals surface area contributed by atoms with E-state index in [0.717, 1.165) is 18.7 Å². The lowest BCUT2D eigenvalue weighted by Crippen LogP contribution is -2.29. The fraction of sp³-hybridized carbons (Fsp3) is 0.562. The van der Waals surface area contributed by atoms with Crippen LogP contribution >= 0.6 is 0 Å². The summed E-state index contributed by atoms with van der Waals surface area (Å²) in [5.74, 6) is 1.40. The van der Waals surface area contributed by atoms with Crippen molar-refractivity contribution in [3.8, 4) is 17.6 Å². The molecule has 0 aliphatic rings. The topological polar surface area (TPSA) is 57.5 Å². The molecule has 0 fully saturated rings. The van der Waals surface area contributed by atoms with Gasteiger partial charge in [0.25, 0.3) is 0 Å².